The number of rotatable bonds is 5. The van der Waals surface area contributed by atoms with Crippen LogP contribution in [-0.2, 0) is 0 Å². The second kappa shape index (κ2) is 7.09. The second-order valence-electron chi connectivity index (χ2n) is 6.54. The summed E-state index contributed by atoms with van der Waals surface area (Å²) in [6.07, 6.45) is 5.46. The number of hydrogen-bond acceptors (Lipinski definition) is 1. The van der Waals surface area contributed by atoms with Gasteiger partial charge in [0.15, 0.2) is 0 Å². The summed E-state index contributed by atoms with van der Waals surface area (Å²) in [6.45, 7) is 8.16. The van der Waals surface area contributed by atoms with E-state index < -0.39 is 0 Å². The van der Waals surface area contributed by atoms with Gasteiger partial charge in [-0.15, -0.1) is 0 Å². The fraction of sp³-hybridized carbons (Fsp3) is 0.667. The zero-order chi connectivity index (χ0) is 13.7. The molecule has 0 amide bonds. The van der Waals surface area contributed by atoms with Gasteiger partial charge >= 0.3 is 0 Å². The highest BCUT2D eigenvalue weighted by atomic mass is 14.9. The van der Waals surface area contributed by atoms with E-state index in [9.17, 15) is 0 Å². The summed E-state index contributed by atoms with van der Waals surface area (Å²) in [6, 6.07) is 11.8. The second-order valence-corrected chi connectivity index (χ2v) is 6.54. The zero-order valence-corrected chi connectivity index (χ0v) is 12.7. The molecule has 0 bridgehead atoms. The van der Waals surface area contributed by atoms with Crippen LogP contribution >= 0.6 is 0 Å². The van der Waals surface area contributed by atoms with Crippen LogP contribution in [0.1, 0.15) is 57.9 Å². The molecule has 0 heterocycles. The monoisotopic (exact) mass is 259 g/mol. The molecule has 0 aromatic heterocycles. The van der Waals surface area contributed by atoms with Crippen LogP contribution in [0, 0.1) is 11.8 Å². The molecule has 106 valence electrons. The summed E-state index contributed by atoms with van der Waals surface area (Å²) in [5.41, 5.74) is 1.52. The zero-order valence-electron chi connectivity index (χ0n) is 12.7. The fourth-order valence-corrected chi connectivity index (χ4v) is 3.05. The first-order valence-electron chi connectivity index (χ1n) is 7.97. The lowest BCUT2D eigenvalue weighted by molar-refractivity contribution is 0.293. The quantitative estimate of drug-likeness (QED) is 0.815. The van der Waals surface area contributed by atoms with E-state index in [4.69, 9.17) is 0 Å². The van der Waals surface area contributed by atoms with Crippen molar-refractivity contribution in [2.45, 2.75) is 58.4 Å². The Bertz CT molecular complexity index is 357. The molecule has 1 nitrogen and oxygen atoms in total. The van der Waals surface area contributed by atoms with Crippen molar-refractivity contribution in [1.82, 2.24) is 5.32 Å². The maximum atomic E-state index is 3.85. The molecule has 1 aromatic carbocycles. The third-order valence-electron chi connectivity index (χ3n) is 4.83. The van der Waals surface area contributed by atoms with E-state index in [0.29, 0.717) is 12.0 Å². The summed E-state index contributed by atoms with van der Waals surface area (Å²) in [4.78, 5) is 0. The molecule has 0 aliphatic heterocycles. The first-order chi connectivity index (χ1) is 9.18. The first kappa shape index (κ1) is 14.6. The predicted octanol–water partition coefficient (Wildman–Crippen LogP) is 4.59. The van der Waals surface area contributed by atoms with Crippen molar-refractivity contribution in [3.63, 3.8) is 0 Å². The van der Waals surface area contributed by atoms with Gasteiger partial charge in [-0.2, -0.15) is 0 Å². The first-order valence-corrected chi connectivity index (χ1v) is 7.97. The summed E-state index contributed by atoms with van der Waals surface area (Å²) < 4.78 is 0. The molecule has 1 aliphatic carbocycles. The Balaban J connectivity index is 1.97. The van der Waals surface area contributed by atoms with E-state index in [1.807, 2.05) is 0 Å². The van der Waals surface area contributed by atoms with Gasteiger partial charge in [-0.3, -0.25) is 0 Å². The highest BCUT2D eigenvalue weighted by Gasteiger charge is 2.26. The SMILES string of the molecule is CC(C)C(C)CNC1CCCCC1c1ccccc1. The topological polar surface area (TPSA) is 12.0 Å². The Hall–Kier alpha value is -0.820. The maximum absolute atomic E-state index is 3.85. The van der Waals surface area contributed by atoms with Crippen LogP contribution in [0.5, 0.6) is 0 Å². The predicted molar refractivity (Wildman–Crippen MR) is 83.4 cm³/mol. The van der Waals surface area contributed by atoms with Crippen LogP contribution in [-0.4, -0.2) is 12.6 Å². The number of nitrogens with one attached hydrogen (secondary N) is 1. The Morgan fingerprint density at radius 1 is 1.05 bits per heavy atom. The van der Waals surface area contributed by atoms with Gasteiger partial charge in [0.2, 0.25) is 0 Å². The van der Waals surface area contributed by atoms with Crippen LogP contribution in [0.15, 0.2) is 30.3 Å². The van der Waals surface area contributed by atoms with Gasteiger partial charge in [-0.05, 0) is 42.7 Å². The summed E-state index contributed by atoms with van der Waals surface area (Å²) in [5.74, 6) is 2.25. The molecule has 0 radical (unpaired) electrons. The van der Waals surface area contributed by atoms with Crippen molar-refractivity contribution >= 4 is 0 Å². The van der Waals surface area contributed by atoms with Crippen molar-refractivity contribution in [2.24, 2.45) is 11.8 Å². The molecule has 1 heteroatoms. The maximum Gasteiger partial charge on any atom is 0.0136 e. The normalized spacial score (nSPS) is 25.5. The fourth-order valence-electron chi connectivity index (χ4n) is 3.05. The molecule has 1 aliphatic rings. The van der Waals surface area contributed by atoms with E-state index in [2.05, 4.69) is 56.4 Å². The molecular formula is C18H29N. The average molecular weight is 259 g/mol. The lowest BCUT2D eigenvalue weighted by Crippen LogP contribution is -2.40. The van der Waals surface area contributed by atoms with Crippen molar-refractivity contribution in [3.8, 4) is 0 Å². The molecule has 3 unspecified atom stereocenters. The lowest BCUT2D eigenvalue weighted by Gasteiger charge is -2.34. The van der Waals surface area contributed by atoms with E-state index >= 15 is 0 Å². The molecule has 1 N–H and O–H groups in total. The van der Waals surface area contributed by atoms with Crippen molar-refractivity contribution < 1.29 is 0 Å². The molecule has 1 saturated carbocycles. The molecule has 3 atom stereocenters. The van der Waals surface area contributed by atoms with Crippen molar-refractivity contribution in [1.29, 1.82) is 0 Å². The van der Waals surface area contributed by atoms with E-state index in [-0.39, 0.29) is 0 Å². The van der Waals surface area contributed by atoms with Gasteiger partial charge < -0.3 is 5.32 Å². The van der Waals surface area contributed by atoms with Gasteiger partial charge in [0.25, 0.3) is 0 Å². The van der Waals surface area contributed by atoms with Gasteiger partial charge in [-0.25, -0.2) is 0 Å². The molecule has 1 aromatic rings. The standard InChI is InChI=1S/C18H29N/c1-14(2)15(3)13-19-18-12-8-7-11-17(18)16-9-5-4-6-10-16/h4-6,9-10,14-15,17-19H,7-8,11-13H2,1-3H3. The lowest BCUT2D eigenvalue weighted by atomic mass is 9.79. The van der Waals surface area contributed by atoms with E-state index in [1.54, 1.807) is 0 Å². The Morgan fingerprint density at radius 2 is 1.74 bits per heavy atom. The number of hydrogen-bond donors (Lipinski definition) is 1. The van der Waals surface area contributed by atoms with Gasteiger partial charge in [-0.1, -0.05) is 63.9 Å². The minimum Gasteiger partial charge on any atom is -0.313 e. The van der Waals surface area contributed by atoms with E-state index in [1.165, 1.54) is 31.2 Å². The Labute approximate surface area is 118 Å². The van der Waals surface area contributed by atoms with Gasteiger partial charge in [0.05, 0.1) is 0 Å². The van der Waals surface area contributed by atoms with Crippen LogP contribution in [0.3, 0.4) is 0 Å². The minimum atomic E-state index is 0.678. The molecule has 0 saturated heterocycles. The Morgan fingerprint density at radius 3 is 2.42 bits per heavy atom. The largest absolute Gasteiger partial charge is 0.313 e. The third kappa shape index (κ3) is 4.07. The molecule has 2 rings (SSSR count). The smallest absolute Gasteiger partial charge is 0.0136 e. The van der Waals surface area contributed by atoms with Crippen LogP contribution < -0.4 is 5.32 Å². The van der Waals surface area contributed by atoms with E-state index in [0.717, 1.165) is 18.4 Å². The molecular weight excluding hydrogens is 230 g/mol. The number of benzene rings is 1. The van der Waals surface area contributed by atoms with Crippen molar-refractivity contribution in [3.05, 3.63) is 35.9 Å². The molecule has 1 fully saturated rings. The minimum absolute atomic E-state index is 0.678. The average Bonchev–Trinajstić information content (AvgIpc) is 2.46. The summed E-state index contributed by atoms with van der Waals surface area (Å²) in [5, 5.41) is 3.85. The Kier molecular flexibility index (Phi) is 5.45. The highest BCUT2D eigenvalue weighted by Crippen LogP contribution is 2.33. The summed E-state index contributed by atoms with van der Waals surface area (Å²) in [7, 11) is 0. The van der Waals surface area contributed by atoms with Gasteiger partial charge in [0.1, 0.15) is 0 Å². The third-order valence-corrected chi connectivity index (χ3v) is 4.83. The van der Waals surface area contributed by atoms with Crippen LogP contribution in [0.2, 0.25) is 0 Å². The molecule has 0 spiro atoms. The summed E-state index contributed by atoms with van der Waals surface area (Å²) >= 11 is 0. The molecule has 19 heavy (non-hydrogen) atoms. The van der Waals surface area contributed by atoms with Crippen LogP contribution in [0.25, 0.3) is 0 Å². The van der Waals surface area contributed by atoms with Crippen LogP contribution in [0.4, 0.5) is 0 Å². The van der Waals surface area contributed by atoms with Gasteiger partial charge in [0, 0.05) is 6.04 Å². The van der Waals surface area contributed by atoms with Crippen molar-refractivity contribution in [2.75, 3.05) is 6.54 Å². The highest BCUT2D eigenvalue weighted by molar-refractivity contribution is 5.22.